The van der Waals surface area contributed by atoms with Gasteiger partial charge in [0.25, 0.3) is 5.89 Å². The number of rotatable bonds is 4. The number of carbonyl (C=O) groups excluding carboxylic acids is 1. The first-order valence-corrected chi connectivity index (χ1v) is 6.76. The zero-order valence-corrected chi connectivity index (χ0v) is 12.0. The van der Waals surface area contributed by atoms with E-state index < -0.39 is 30.8 Å². The third kappa shape index (κ3) is 4.17. The summed E-state index contributed by atoms with van der Waals surface area (Å²) >= 11 is 0. The van der Waals surface area contributed by atoms with Gasteiger partial charge in [-0.1, -0.05) is 5.16 Å². The normalized spacial score (nSPS) is 22.9. The number of ether oxygens (including phenoxy) is 1. The molecule has 124 valence electrons. The molecule has 1 fully saturated rings. The molecule has 0 unspecified atom stereocenters. The number of hydrogen-bond acceptors (Lipinski definition) is 6. The van der Waals surface area contributed by atoms with Crippen LogP contribution in [0.25, 0.3) is 0 Å². The van der Waals surface area contributed by atoms with Gasteiger partial charge >= 0.3 is 6.18 Å². The molecule has 2 rings (SSSR count). The molecule has 0 saturated carbocycles. The monoisotopic (exact) mass is 322 g/mol. The summed E-state index contributed by atoms with van der Waals surface area (Å²) in [4.78, 5) is 16.6. The number of likely N-dealkylation sites (tertiary alicyclic amines) is 1. The van der Waals surface area contributed by atoms with Crippen molar-refractivity contribution in [1.82, 2.24) is 15.0 Å². The van der Waals surface area contributed by atoms with E-state index >= 15 is 0 Å². The van der Waals surface area contributed by atoms with Crippen LogP contribution in [0.5, 0.6) is 0 Å². The Kier molecular flexibility index (Phi) is 5.01. The van der Waals surface area contributed by atoms with Gasteiger partial charge in [-0.2, -0.15) is 18.2 Å². The first-order chi connectivity index (χ1) is 10.3. The van der Waals surface area contributed by atoms with E-state index in [0.29, 0.717) is 5.82 Å². The standard InChI is InChI=1S/C12H17F3N4O3/c1-7-17-10(22-18-7)5-21-6-11(20)19-4-8(16)2-3-9(19)12(13,14)15/h8-9H,2-6,16H2,1H3/t8-,9+/m1/s1. The Bertz CT molecular complexity index is 520. The fourth-order valence-electron chi connectivity index (χ4n) is 2.32. The fraction of sp³-hybridized carbons (Fsp3) is 0.750. The molecule has 1 saturated heterocycles. The maximum absolute atomic E-state index is 13.0. The summed E-state index contributed by atoms with van der Waals surface area (Å²) in [5.74, 6) is -0.189. The lowest BCUT2D eigenvalue weighted by Gasteiger charge is -2.39. The molecule has 0 bridgehead atoms. The average molecular weight is 322 g/mol. The Balaban J connectivity index is 1.90. The molecule has 7 nitrogen and oxygen atoms in total. The summed E-state index contributed by atoms with van der Waals surface area (Å²) in [6.07, 6.45) is -4.44. The van der Waals surface area contributed by atoms with Crippen molar-refractivity contribution in [2.24, 2.45) is 5.73 Å². The van der Waals surface area contributed by atoms with Gasteiger partial charge in [0.05, 0.1) is 0 Å². The predicted molar refractivity (Wildman–Crippen MR) is 67.5 cm³/mol. The molecule has 0 radical (unpaired) electrons. The van der Waals surface area contributed by atoms with Crippen molar-refractivity contribution in [2.45, 2.75) is 44.6 Å². The van der Waals surface area contributed by atoms with E-state index in [0.717, 1.165) is 4.90 Å². The molecular formula is C12H17F3N4O3. The van der Waals surface area contributed by atoms with Gasteiger partial charge in [0.1, 0.15) is 19.3 Å². The van der Waals surface area contributed by atoms with E-state index in [9.17, 15) is 18.0 Å². The summed E-state index contributed by atoms with van der Waals surface area (Å²) in [7, 11) is 0. The number of hydrogen-bond donors (Lipinski definition) is 1. The number of aryl methyl sites for hydroxylation is 1. The van der Waals surface area contributed by atoms with Crippen LogP contribution in [0.1, 0.15) is 24.6 Å². The lowest BCUT2D eigenvalue weighted by molar-refractivity contribution is -0.198. The van der Waals surface area contributed by atoms with Crippen LogP contribution >= 0.6 is 0 Å². The summed E-state index contributed by atoms with van der Waals surface area (Å²) in [6, 6.07) is -2.27. The summed E-state index contributed by atoms with van der Waals surface area (Å²) < 4.78 is 48.7. The summed E-state index contributed by atoms with van der Waals surface area (Å²) in [6.45, 7) is 0.844. The quantitative estimate of drug-likeness (QED) is 0.880. The van der Waals surface area contributed by atoms with Crippen LogP contribution in [0, 0.1) is 6.92 Å². The first kappa shape index (κ1) is 16.7. The highest BCUT2D eigenvalue weighted by molar-refractivity contribution is 5.78. The van der Waals surface area contributed by atoms with E-state index in [2.05, 4.69) is 10.1 Å². The van der Waals surface area contributed by atoms with E-state index in [-0.39, 0.29) is 31.9 Å². The minimum Gasteiger partial charge on any atom is -0.362 e. The highest BCUT2D eigenvalue weighted by Crippen LogP contribution is 2.31. The fourth-order valence-corrected chi connectivity index (χ4v) is 2.32. The Morgan fingerprint density at radius 1 is 1.50 bits per heavy atom. The van der Waals surface area contributed by atoms with Gasteiger partial charge in [0.15, 0.2) is 5.82 Å². The highest BCUT2D eigenvalue weighted by Gasteiger charge is 2.47. The second kappa shape index (κ2) is 6.61. The van der Waals surface area contributed by atoms with Crippen molar-refractivity contribution in [1.29, 1.82) is 0 Å². The first-order valence-electron chi connectivity index (χ1n) is 6.76. The molecule has 2 atom stereocenters. The van der Waals surface area contributed by atoms with Crippen molar-refractivity contribution >= 4 is 5.91 Å². The number of aromatic nitrogens is 2. The number of nitrogens with two attached hydrogens (primary N) is 1. The Labute approximate surface area is 124 Å². The molecular weight excluding hydrogens is 305 g/mol. The van der Waals surface area contributed by atoms with Crippen molar-refractivity contribution < 1.29 is 27.2 Å². The molecule has 0 aliphatic carbocycles. The number of piperidine rings is 1. The summed E-state index contributed by atoms with van der Waals surface area (Å²) in [5, 5.41) is 3.53. The molecule has 2 N–H and O–H groups in total. The van der Waals surface area contributed by atoms with Crippen LogP contribution in [0.15, 0.2) is 4.52 Å². The zero-order chi connectivity index (χ0) is 16.3. The molecule has 0 aromatic carbocycles. The van der Waals surface area contributed by atoms with Crippen molar-refractivity contribution in [3.63, 3.8) is 0 Å². The Morgan fingerprint density at radius 3 is 2.82 bits per heavy atom. The van der Waals surface area contributed by atoms with Gasteiger partial charge in [-0.3, -0.25) is 4.79 Å². The van der Waals surface area contributed by atoms with E-state index in [1.54, 1.807) is 6.92 Å². The lowest BCUT2D eigenvalue weighted by Crippen LogP contribution is -2.57. The molecule has 1 aromatic heterocycles. The van der Waals surface area contributed by atoms with Crippen LogP contribution in [0.2, 0.25) is 0 Å². The van der Waals surface area contributed by atoms with E-state index in [1.165, 1.54) is 0 Å². The second-order valence-electron chi connectivity index (χ2n) is 5.17. The number of alkyl halides is 3. The smallest absolute Gasteiger partial charge is 0.362 e. The number of nitrogens with zero attached hydrogens (tertiary/aromatic N) is 3. The molecule has 1 aromatic rings. The number of amides is 1. The Hall–Kier alpha value is -1.68. The van der Waals surface area contributed by atoms with E-state index in [1.807, 2.05) is 0 Å². The molecule has 10 heteroatoms. The third-order valence-electron chi connectivity index (χ3n) is 3.34. The van der Waals surface area contributed by atoms with E-state index in [4.69, 9.17) is 15.0 Å². The predicted octanol–water partition coefficient (Wildman–Crippen LogP) is 0.775. The lowest BCUT2D eigenvalue weighted by atomic mass is 9.98. The minimum atomic E-state index is -4.47. The van der Waals surface area contributed by atoms with Gasteiger partial charge in [-0.25, -0.2) is 0 Å². The average Bonchev–Trinajstić information content (AvgIpc) is 2.83. The van der Waals surface area contributed by atoms with Crippen LogP contribution in [-0.4, -0.2) is 52.4 Å². The number of halogens is 3. The van der Waals surface area contributed by atoms with Crippen molar-refractivity contribution in [3.05, 3.63) is 11.7 Å². The van der Waals surface area contributed by atoms with Gasteiger partial charge < -0.3 is 19.9 Å². The van der Waals surface area contributed by atoms with Gasteiger partial charge in [0.2, 0.25) is 5.91 Å². The number of carbonyl (C=O) groups is 1. The molecule has 2 heterocycles. The maximum Gasteiger partial charge on any atom is 0.408 e. The van der Waals surface area contributed by atoms with Crippen LogP contribution < -0.4 is 5.73 Å². The van der Waals surface area contributed by atoms with Gasteiger partial charge in [-0.15, -0.1) is 0 Å². The van der Waals surface area contributed by atoms with Crippen LogP contribution in [-0.2, 0) is 16.1 Å². The molecule has 0 spiro atoms. The SMILES string of the molecule is Cc1noc(COCC(=O)N2C[C@H](N)CC[C@H]2C(F)(F)F)n1. The summed E-state index contributed by atoms with van der Waals surface area (Å²) in [5.41, 5.74) is 5.66. The maximum atomic E-state index is 13.0. The highest BCUT2D eigenvalue weighted by atomic mass is 19.4. The van der Waals surface area contributed by atoms with Crippen molar-refractivity contribution in [3.8, 4) is 0 Å². The molecule has 1 amide bonds. The van der Waals surface area contributed by atoms with Crippen molar-refractivity contribution in [2.75, 3.05) is 13.2 Å². The Morgan fingerprint density at radius 2 is 2.23 bits per heavy atom. The minimum absolute atomic E-state index is 0.133. The largest absolute Gasteiger partial charge is 0.408 e. The van der Waals surface area contributed by atoms with Gasteiger partial charge in [-0.05, 0) is 19.8 Å². The second-order valence-corrected chi connectivity index (χ2v) is 5.17. The third-order valence-corrected chi connectivity index (χ3v) is 3.34. The molecule has 1 aliphatic rings. The molecule has 1 aliphatic heterocycles. The zero-order valence-electron chi connectivity index (χ0n) is 12.0. The topological polar surface area (TPSA) is 94.5 Å². The molecule has 22 heavy (non-hydrogen) atoms. The van der Waals surface area contributed by atoms with Crippen LogP contribution in [0.3, 0.4) is 0 Å². The van der Waals surface area contributed by atoms with Gasteiger partial charge in [0, 0.05) is 12.6 Å². The van der Waals surface area contributed by atoms with Crippen LogP contribution in [0.4, 0.5) is 13.2 Å².